The zero-order valence-electron chi connectivity index (χ0n) is 11.8. The van der Waals surface area contributed by atoms with E-state index in [9.17, 15) is 4.79 Å². The van der Waals surface area contributed by atoms with Crippen molar-refractivity contribution in [2.75, 3.05) is 0 Å². The fourth-order valence-corrected chi connectivity index (χ4v) is 1.25. The first-order valence-electron chi connectivity index (χ1n) is 4.55. The van der Waals surface area contributed by atoms with Crippen LogP contribution in [-0.2, 0) is 9.59 Å². The normalized spacial score (nSPS) is 7.53. The molecule has 0 radical (unpaired) electrons. The fraction of sp³-hybridized carbons (Fsp3) is 0.182. The van der Waals surface area contributed by atoms with Crippen LogP contribution in [0.15, 0.2) is 24.3 Å². The Labute approximate surface area is 147 Å². The quantitative estimate of drug-likeness (QED) is 0.430. The Hall–Kier alpha value is -0.640. The van der Waals surface area contributed by atoms with Gasteiger partial charge in [-0.15, -0.1) is 0 Å². The van der Waals surface area contributed by atoms with Crippen molar-refractivity contribution >= 4 is 40.5 Å². The van der Waals surface area contributed by atoms with Gasteiger partial charge >= 0.3 is 35.5 Å². The van der Waals surface area contributed by atoms with E-state index in [-0.39, 0.29) is 31.0 Å². The van der Waals surface area contributed by atoms with E-state index in [0.717, 1.165) is 17.4 Å². The minimum Gasteiger partial charge on any atom is -1.00 e. The summed E-state index contributed by atoms with van der Waals surface area (Å²) in [5.41, 5.74) is 0.364. The molecule has 1 aromatic carbocycles. The molecular weight excluding hydrogens is 378 g/mol. The van der Waals surface area contributed by atoms with Gasteiger partial charge in [0, 0.05) is 17.4 Å². The van der Waals surface area contributed by atoms with Crippen LogP contribution in [0.25, 0.3) is 0 Å². The summed E-state index contributed by atoms with van der Waals surface area (Å²) in [4.78, 5) is 28.4. The number of aliphatic carboxylic acids is 2. The molecule has 0 bridgehead atoms. The Morgan fingerprint density at radius 2 is 1.32 bits per heavy atom. The molecule has 0 fully saturated rings. The van der Waals surface area contributed by atoms with Crippen molar-refractivity contribution in [3.63, 3.8) is 0 Å². The summed E-state index contributed by atoms with van der Waals surface area (Å²) < 4.78 is 0.771. The van der Waals surface area contributed by atoms with Gasteiger partial charge in [-0.1, -0.05) is 12.1 Å². The molecule has 0 unspecified atom stereocenters. The van der Waals surface area contributed by atoms with E-state index in [0.29, 0.717) is 5.56 Å². The maximum absolute atomic E-state index is 10.4. The third-order valence-electron chi connectivity index (χ3n) is 1.10. The molecule has 0 aliphatic rings. The van der Waals surface area contributed by atoms with E-state index in [1.165, 1.54) is 0 Å². The standard InChI is InChI=1S/C7H5IO2.2C2H4O2.Na.H/c8-6-4-2-1-3-5(6)7(9)10;2*1-2(3)4;;/h1-4H,(H,9,10);2*1H3,(H,3,4);;/q;;;+1;-1. The van der Waals surface area contributed by atoms with Gasteiger partial charge in [0.25, 0.3) is 11.9 Å². The summed E-state index contributed by atoms with van der Waals surface area (Å²) in [5, 5.41) is 23.4. The largest absolute Gasteiger partial charge is 1.00 e. The zero-order chi connectivity index (χ0) is 14.7. The van der Waals surface area contributed by atoms with Gasteiger partial charge in [-0.2, -0.15) is 0 Å². The molecule has 0 heterocycles. The second kappa shape index (κ2) is 13.8. The molecule has 1 aromatic rings. The van der Waals surface area contributed by atoms with E-state index in [1.807, 2.05) is 28.7 Å². The molecule has 0 saturated carbocycles. The number of rotatable bonds is 1. The van der Waals surface area contributed by atoms with Gasteiger partial charge in [-0.05, 0) is 34.7 Å². The third-order valence-corrected chi connectivity index (χ3v) is 2.04. The van der Waals surface area contributed by atoms with E-state index >= 15 is 0 Å². The van der Waals surface area contributed by atoms with Crippen molar-refractivity contribution in [1.29, 1.82) is 0 Å². The predicted octanol–water partition coefficient (Wildman–Crippen LogP) is -0.712. The summed E-state index contributed by atoms with van der Waals surface area (Å²) in [7, 11) is 0. The van der Waals surface area contributed by atoms with Crippen LogP contribution >= 0.6 is 22.6 Å². The number of carboxylic acid groups (broad SMARTS) is 3. The van der Waals surface area contributed by atoms with Gasteiger partial charge in [0.15, 0.2) is 0 Å². The number of halogens is 1. The van der Waals surface area contributed by atoms with Gasteiger partial charge in [0.2, 0.25) is 0 Å². The van der Waals surface area contributed by atoms with Gasteiger partial charge in [-0.3, -0.25) is 9.59 Å². The van der Waals surface area contributed by atoms with Crippen molar-refractivity contribution < 1.29 is 60.7 Å². The molecule has 0 atom stereocenters. The van der Waals surface area contributed by atoms with Gasteiger partial charge in [0.1, 0.15) is 0 Å². The number of aromatic carboxylic acids is 1. The average Bonchev–Trinajstić information content (AvgIpc) is 2.15. The van der Waals surface area contributed by atoms with Crippen LogP contribution in [0, 0.1) is 3.57 Å². The van der Waals surface area contributed by atoms with Crippen molar-refractivity contribution in [2.24, 2.45) is 0 Å². The Morgan fingerprint density at radius 1 is 1.00 bits per heavy atom. The summed E-state index contributed by atoms with van der Waals surface area (Å²) in [6.45, 7) is 2.17. The number of hydrogen-bond donors (Lipinski definition) is 3. The van der Waals surface area contributed by atoms with Crippen LogP contribution in [0.1, 0.15) is 25.6 Å². The zero-order valence-corrected chi connectivity index (χ0v) is 14.9. The monoisotopic (exact) mass is 392 g/mol. The van der Waals surface area contributed by atoms with Crippen LogP contribution in [0.5, 0.6) is 0 Å². The number of benzene rings is 1. The Kier molecular flexibility index (Phi) is 17.0. The van der Waals surface area contributed by atoms with Crippen molar-refractivity contribution in [3.05, 3.63) is 33.4 Å². The van der Waals surface area contributed by atoms with Crippen molar-refractivity contribution in [2.45, 2.75) is 13.8 Å². The van der Waals surface area contributed by atoms with E-state index in [2.05, 4.69) is 0 Å². The minimum atomic E-state index is -0.870. The molecule has 3 N–H and O–H groups in total. The first-order valence-corrected chi connectivity index (χ1v) is 5.63. The molecule has 0 aromatic heterocycles. The second-order valence-corrected chi connectivity index (χ2v) is 3.99. The van der Waals surface area contributed by atoms with Crippen LogP contribution in [-0.4, -0.2) is 33.2 Å². The summed E-state index contributed by atoms with van der Waals surface area (Å²) in [6.07, 6.45) is 0. The molecule has 102 valence electrons. The predicted molar refractivity (Wildman–Crippen MR) is 73.8 cm³/mol. The van der Waals surface area contributed by atoms with Crippen LogP contribution in [0.3, 0.4) is 0 Å². The number of hydrogen-bond acceptors (Lipinski definition) is 3. The minimum absolute atomic E-state index is 0. The third kappa shape index (κ3) is 19.9. The maximum Gasteiger partial charge on any atom is 1.00 e. The molecule has 1 rings (SSSR count). The first kappa shape index (κ1) is 23.5. The molecule has 0 amide bonds. The van der Waals surface area contributed by atoms with Crippen LogP contribution < -0.4 is 29.6 Å². The van der Waals surface area contributed by atoms with Crippen molar-refractivity contribution in [1.82, 2.24) is 0 Å². The Morgan fingerprint density at radius 3 is 1.53 bits per heavy atom. The second-order valence-electron chi connectivity index (χ2n) is 2.82. The average molecular weight is 392 g/mol. The van der Waals surface area contributed by atoms with Crippen molar-refractivity contribution in [3.8, 4) is 0 Å². The number of carbonyl (C=O) groups is 3. The van der Waals surface area contributed by atoms with E-state index < -0.39 is 17.9 Å². The van der Waals surface area contributed by atoms with Gasteiger partial charge in [0.05, 0.1) is 5.56 Å². The molecular formula is C11H14INaO6. The molecule has 8 heteroatoms. The maximum atomic E-state index is 10.4. The van der Waals surface area contributed by atoms with Crippen LogP contribution in [0.2, 0.25) is 0 Å². The summed E-state index contributed by atoms with van der Waals surface area (Å²) >= 11 is 1.99. The Balaban J connectivity index is -0.000000110. The fourth-order valence-electron chi connectivity index (χ4n) is 0.635. The first-order chi connectivity index (χ1) is 8.18. The smallest absolute Gasteiger partial charge is 1.00 e. The summed E-state index contributed by atoms with van der Waals surface area (Å²) in [6, 6.07) is 6.88. The van der Waals surface area contributed by atoms with E-state index in [1.54, 1.807) is 18.2 Å². The van der Waals surface area contributed by atoms with E-state index in [4.69, 9.17) is 24.9 Å². The topological polar surface area (TPSA) is 112 Å². The van der Waals surface area contributed by atoms with Gasteiger partial charge in [-0.25, -0.2) is 4.79 Å². The molecule has 0 saturated heterocycles. The molecule has 0 spiro atoms. The van der Waals surface area contributed by atoms with Crippen LogP contribution in [0.4, 0.5) is 0 Å². The SMILES string of the molecule is CC(=O)O.CC(=O)O.O=C(O)c1ccccc1I.[H-].[Na+]. The van der Waals surface area contributed by atoms with Gasteiger partial charge < -0.3 is 16.7 Å². The molecule has 6 nitrogen and oxygen atoms in total. The summed E-state index contributed by atoms with van der Waals surface area (Å²) in [5.74, 6) is -2.54. The molecule has 0 aliphatic heterocycles. The Bertz CT molecular complexity index is 407. The molecule has 19 heavy (non-hydrogen) atoms. The number of carboxylic acids is 3. The molecule has 0 aliphatic carbocycles.